The van der Waals surface area contributed by atoms with E-state index in [0.717, 1.165) is 5.56 Å². The summed E-state index contributed by atoms with van der Waals surface area (Å²) in [6.45, 7) is 4.95. The lowest BCUT2D eigenvalue weighted by molar-refractivity contribution is -0.155. The quantitative estimate of drug-likeness (QED) is 0.638. The molecule has 8 nitrogen and oxygen atoms in total. The lowest BCUT2D eigenvalue weighted by atomic mass is 9.96. The molecule has 162 valence electrons. The van der Waals surface area contributed by atoms with E-state index in [1.54, 1.807) is 32.9 Å². The van der Waals surface area contributed by atoms with Crippen LogP contribution in [0.3, 0.4) is 0 Å². The minimum Gasteiger partial charge on any atom is -0.459 e. The summed E-state index contributed by atoms with van der Waals surface area (Å²) in [6.07, 6.45) is 3.83. The van der Waals surface area contributed by atoms with Gasteiger partial charge in [0.2, 0.25) is 0 Å². The molecule has 0 fully saturated rings. The Balaban J connectivity index is 1.73. The highest BCUT2D eigenvalue weighted by Gasteiger charge is 2.28. The van der Waals surface area contributed by atoms with Crippen molar-refractivity contribution in [1.82, 2.24) is 14.5 Å². The van der Waals surface area contributed by atoms with Crippen LogP contribution in [0.25, 0.3) is 11.5 Å². The number of carbonyl (C=O) groups excluding carboxylic acids is 1. The summed E-state index contributed by atoms with van der Waals surface area (Å²) in [6, 6.07) is 5.98. The molecule has 1 unspecified atom stereocenters. The lowest BCUT2D eigenvalue weighted by Gasteiger charge is -2.27. The first-order valence-corrected chi connectivity index (χ1v) is 9.97. The van der Waals surface area contributed by atoms with E-state index in [1.807, 2.05) is 0 Å². The predicted molar refractivity (Wildman–Crippen MR) is 111 cm³/mol. The average Bonchev–Trinajstić information content (AvgIpc) is 3.23. The number of aromatic nitrogens is 3. The van der Waals surface area contributed by atoms with Gasteiger partial charge < -0.3 is 14.5 Å². The number of benzene rings is 1. The number of hydrogen-bond acceptors (Lipinski definition) is 7. The standard InChI is InChI=1S/C22H23FN4O4/c1-22(2,3)31-18(28)10-27-20(17-11-30-12-24-17)26-16-9-8-15(25-19(16)21(27)29)13-4-6-14(23)7-5-13/h4-7,11-12,15,25H,8-10H2,1-3H3. The highest BCUT2D eigenvalue weighted by atomic mass is 19.1. The number of carbonyl (C=O) groups is 1. The third-order valence-electron chi connectivity index (χ3n) is 4.87. The number of nitrogens with zero attached hydrogens (tertiary/aromatic N) is 3. The molecule has 0 radical (unpaired) electrons. The number of hydrogen-bond donors (Lipinski definition) is 1. The number of anilines is 1. The zero-order valence-corrected chi connectivity index (χ0v) is 17.5. The smallest absolute Gasteiger partial charge is 0.326 e. The van der Waals surface area contributed by atoms with Gasteiger partial charge in [-0.1, -0.05) is 12.1 Å². The number of esters is 1. The van der Waals surface area contributed by atoms with Crippen LogP contribution in [0.4, 0.5) is 10.1 Å². The number of oxazole rings is 1. The van der Waals surface area contributed by atoms with Crippen LogP contribution in [0, 0.1) is 5.82 Å². The van der Waals surface area contributed by atoms with Crippen LogP contribution < -0.4 is 10.9 Å². The summed E-state index contributed by atoms with van der Waals surface area (Å²) >= 11 is 0. The van der Waals surface area contributed by atoms with Crippen LogP contribution in [0.1, 0.15) is 44.5 Å². The van der Waals surface area contributed by atoms with Crippen molar-refractivity contribution in [1.29, 1.82) is 0 Å². The van der Waals surface area contributed by atoms with E-state index in [0.29, 0.717) is 29.9 Å². The second kappa shape index (κ2) is 7.98. The summed E-state index contributed by atoms with van der Waals surface area (Å²) in [4.78, 5) is 34.6. The fraction of sp³-hybridized carbons (Fsp3) is 0.364. The molecule has 2 aromatic heterocycles. The number of fused-ring (bicyclic) bond motifs is 1. The molecule has 0 bridgehead atoms. The van der Waals surface area contributed by atoms with Gasteiger partial charge in [0.1, 0.15) is 35.6 Å². The summed E-state index contributed by atoms with van der Waals surface area (Å²) in [7, 11) is 0. The molecule has 0 saturated heterocycles. The van der Waals surface area contributed by atoms with Gasteiger partial charge in [-0.05, 0) is 51.3 Å². The van der Waals surface area contributed by atoms with E-state index in [4.69, 9.17) is 9.15 Å². The largest absolute Gasteiger partial charge is 0.459 e. The molecule has 1 aliphatic heterocycles. The molecule has 3 aromatic rings. The van der Waals surface area contributed by atoms with Crippen LogP contribution in [0.5, 0.6) is 0 Å². The molecule has 0 saturated carbocycles. The van der Waals surface area contributed by atoms with E-state index in [9.17, 15) is 14.0 Å². The zero-order valence-electron chi connectivity index (χ0n) is 17.5. The fourth-order valence-corrected chi connectivity index (χ4v) is 3.57. The lowest BCUT2D eigenvalue weighted by Crippen LogP contribution is -2.35. The van der Waals surface area contributed by atoms with E-state index in [1.165, 1.54) is 29.4 Å². The molecule has 1 atom stereocenters. The molecular weight excluding hydrogens is 403 g/mol. The normalized spacial score (nSPS) is 15.8. The van der Waals surface area contributed by atoms with Crippen molar-refractivity contribution >= 4 is 11.7 Å². The molecular formula is C22H23FN4O4. The highest BCUT2D eigenvalue weighted by Crippen LogP contribution is 2.31. The maximum absolute atomic E-state index is 13.4. The number of rotatable bonds is 4. The Kier molecular flexibility index (Phi) is 5.34. The molecule has 0 amide bonds. The SMILES string of the molecule is CC(C)(C)OC(=O)Cn1c(-c2cocn2)nc2c(c1=O)NC(c1ccc(F)cc1)CC2. The summed E-state index contributed by atoms with van der Waals surface area (Å²) in [5, 5.41) is 3.22. The van der Waals surface area contributed by atoms with Crippen molar-refractivity contribution in [3.63, 3.8) is 0 Å². The van der Waals surface area contributed by atoms with Crippen LogP contribution in [-0.4, -0.2) is 26.1 Å². The van der Waals surface area contributed by atoms with Crippen molar-refractivity contribution in [3.8, 4) is 11.5 Å². The monoisotopic (exact) mass is 426 g/mol. The molecule has 0 spiro atoms. The molecule has 0 aliphatic carbocycles. The van der Waals surface area contributed by atoms with Gasteiger partial charge in [0.15, 0.2) is 12.2 Å². The molecule has 9 heteroatoms. The number of halogens is 1. The number of nitrogens with one attached hydrogen (secondary N) is 1. The maximum Gasteiger partial charge on any atom is 0.326 e. The Labute approximate surface area is 178 Å². The Morgan fingerprint density at radius 1 is 1.32 bits per heavy atom. The molecule has 4 rings (SSSR count). The van der Waals surface area contributed by atoms with E-state index < -0.39 is 17.1 Å². The van der Waals surface area contributed by atoms with E-state index >= 15 is 0 Å². The van der Waals surface area contributed by atoms with Gasteiger partial charge in [0, 0.05) is 0 Å². The topological polar surface area (TPSA) is 99.2 Å². The van der Waals surface area contributed by atoms with Gasteiger partial charge in [0.05, 0.1) is 11.7 Å². The molecule has 1 aromatic carbocycles. The average molecular weight is 426 g/mol. The summed E-state index contributed by atoms with van der Waals surface area (Å²) < 4.78 is 25.0. The van der Waals surface area contributed by atoms with Crippen molar-refractivity contribution < 1.29 is 18.3 Å². The first-order chi connectivity index (χ1) is 14.7. The third kappa shape index (κ3) is 4.50. The Morgan fingerprint density at radius 3 is 2.71 bits per heavy atom. The summed E-state index contributed by atoms with van der Waals surface area (Å²) in [5.41, 5.74) is 1.02. The fourth-order valence-electron chi connectivity index (χ4n) is 3.57. The predicted octanol–water partition coefficient (Wildman–Crippen LogP) is 3.48. The van der Waals surface area contributed by atoms with Crippen LogP contribution in [0.15, 0.2) is 46.1 Å². The summed E-state index contributed by atoms with van der Waals surface area (Å²) in [5.74, 6) is -0.643. The molecule has 1 aliphatic rings. The van der Waals surface area contributed by atoms with Crippen molar-refractivity contribution in [3.05, 3.63) is 64.4 Å². The maximum atomic E-state index is 13.4. The van der Waals surface area contributed by atoms with E-state index in [2.05, 4.69) is 15.3 Å². The first-order valence-electron chi connectivity index (χ1n) is 9.97. The first kappa shape index (κ1) is 20.8. The molecule has 3 heterocycles. The van der Waals surface area contributed by atoms with Crippen molar-refractivity contribution in [2.24, 2.45) is 0 Å². The second-order valence-electron chi connectivity index (χ2n) is 8.40. The van der Waals surface area contributed by atoms with Gasteiger partial charge >= 0.3 is 5.97 Å². The van der Waals surface area contributed by atoms with Gasteiger partial charge in [-0.15, -0.1) is 0 Å². The van der Waals surface area contributed by atoms with Gasteiger partial charge in [-0.2, -0.15) is 0 Å². The molecule has 1 N–H and O–H groups in total. The van der Waals surface area contributed by atoms with E-state index in [-0.39, 0.29) is 24.2 Å². The number of aryl methyl sites for hydroxylation is 1. The second-order valence-corrected chi connectivity index (χ2v) is 8.40. The van der Waals surface area contributed by atoms with Crippen LogP contribution >= 0.6 is 0 Å². The van der Waals surface area contributed by atoms with Gasteiger partial charge in [-0.3, -0.25) is 14.2 Å². The van der Waals surface area contributed by atoms with Crippen LogP contribution in [0.2, 0.25) is 0 Å². The minimum atomic E-state index is -0.692. The van der Waals surface area contributed by atoms with Gasteiger partial charge in [0.25, 0.3) is 5.56 Å². The van der Waals surface area contributed by atoms with Crippen LogP contribution in [-0.2, 0) is 22.5 Å². The highest BCUT2D eigenvalue weighted by molar-refractivity contribution is 5.71. The number of ether oxygens (including phenoxy) is 1. The molecule has 31 heavy (non-hydrogen) atoms. The van der Waals surface area contributed by atoms with Crippen molar-refractivity contribution in [2.75, 3.05) is 5.32 Å². The Hall–Kier alpha value is -3.49. The Morgan fingerprint density at radius 2 is 2.06 bits per heavy atom. The third-order valence-corrected chi connectivity index (χ3v) is 4.87. The minimum absolute atomic E-state index is 0.171. The Bertz CT molecular complexity index is 1150. The van der Waals surface area contributed by atoms with Gasteiger partial charge in [-0.25, -0.2) is 14.4 Å². The zero-order chi connectivity index (χ0) is 22.2. The van der Waals surface area contributed by atoms with Crippen molar-refractivity contribution in [2.45, 2.75) is 51.8 Å².